The van der Waals surface area contributed by atoms with Gasteiger partial charge in [0.2, 0.25) is 13.6 Å². The van der Waals surface area contributed by atoms with Crippen LogP contribution in [0.3, 0.4) is 0 Å². The summed E-state index contributed by atoms with van der Waals surface area (Å²) in [5.74, 6) is 2.13. The number of hydrogen-bond acceptors (Lipinski definition) is 11. The Bertz CT molecular complexity index is 1060. The van der Waals surface area contributed by atoms with E-state index < -0.39 is 37.3 Å². The molecule has 37 heavy (non-hydrogen) atoms. The van der Waals surface area contributed by atoms with Crippen molar-refractivity contribution in [1.29, 1.82) is 0 Å². The smallest absolute Gasteiger partial charge is 0.231 e. The number of benzene rings is 2. The second-order valence-corrected chi connectivity index (χ2v) is 9.52. The minimum absolute atomic E-state index is 0.0624. The SMILES string of the molecule is OC[C@H](Cc1ccc2c(c1)OCO2)C(CO[C@@H]1O[C@H](CO)[C@@H](O)[C@H](O)[C@H]1O)Cc1ccc2c(c1)OCO2. The summed E-state index contributed by atoms with van der Waals surface area (Å²) in [4.78, 5) is 0. The highest BCUT2D eigenvalue weighted by Crippen LogP contribution is 2.36. The Morgan fingerprint density at radius 2 is 1.30 bits per heavy atom. The molecule has 2 aromatic rings. The van der Waals surface area contributed by atoms with E-state index in [9.17, 15) is 25.5 Å². The van der Waals surface area contributed by atoms with E-state index in [0.717, 1.165) is 11.1 Å². The molecule has 0 saturated carbocycles. The molecule has 11 heteroatoms. The monoisotopic (exact) mass is 520 g/mol. The van der Waals surface area contributed by atoms with E-state index in [-0.39, 0.29) is 38.6 Å². The largest absolute Gasteiger partial charge is 0.454 e. The third-order valence-electron chi connectivity index (χ3n) is 7.09. The fourth-order valence-corrected chi connectivity index (χ4v) is 4.91. The zero-order chi connectivity index (χ0) is 25.9. The van der Waals surface area contributed by atoms with Crippen molar-refractivity contribution in [2.75, 3.05) is 33.4 Å². The molecule has 1 saturated heterocycles. The molecule has 5 rings (SSSR count). The molecule has 1 unspecified atom stereocenters. The summed E-state index contributed by atoms with van der Waals surface area (Å²) < 4.78 is 33.2. The first-order chi connectivity index (χ1) is 18.0. The first kappa shape index (κ1) is 26.0. The molecule has 0 amide bonds. The number of fused-ring (bicyclic) bond motifs is 2. The van der Waals surface area contributed by atoms with Crippen molar-refractivity contribution in [2.24, 2.45) is 11.8 Å². The van der Waals surface area contributed by atoms with E-state index in [0.29, 0.717) is 35.8 Å². The number of aliphatic hydroxyl groups excluding tert-OH is 5. The molecule has 5 N–H and O–H groups in total. The lowest BCUT2D eigenvalue weighted by atomic mass is 9.83. The highest BCUT2D eigenvalue weighted by molar-refractivity contribution is 5.45. The van der Waals surface area contributed by atoms with Crippen LogP contribution in [0.15, 0.2) is 36.4 Å². The molecule has 0 aliphatic carbocycles. The van der Waals surface area contributed by atoms with Gasteiger partial charge in [0.1, 0.15) is 24.4 Å². The molecular weight excluding hydrogens is 488 g/mol. The summed E-state index contributed by atoms with van der Waals surface area (Å²) in [5.41, 5.74) is 1.89. The van der Waals surface area contributed by atoms with Crippen molar-refractivity contribution in [3.8, 4) is 23.0 Å². The van der Waals surface area contributed by atoms with Gasteiger partial charge in [-0.3, -0.25) is 0 Å². The van der Waals surface area contributed by atoms with Crippen LogP contribution >= 0.6 is 0 Å². The fourth-order valence-electron chi connectivity index (χ4n) is 4.91. The molecule has 0 bridgehead atoms. The van der Waals surface area contributed by atoms with Crippen molar-refractivity contribution in [3.63, 3.8) is 0 Å². The Hall–Kier alpha value is -2.64. The van der Waals surface area contributed by atoms with E-state index in [2.05, 4.69) is 0 Å². The summed E-state index contributed by atoms with van der Waals surface area (Å²) in [5, 5.41) is 50.5. The van der Waals surface area contributed by atoms with Gasteiger partial charge in [-0.05, 0) is 60.1 Å². The molecule has 2 aromatic carbocycles. The van der Waals surface area contributed by atoms with Gasteiger partial charge in [0.05, 0.1) is 13.2 Å². The zero-order valence-electron chi connectivity index (χ0n) is 20.1. The number of aliphatic hydroxyl groups is 5. The maximum atomic E-state index is 10.4. The molecule has 3 aliphatic rings. The molecular formula is C26H32O11. The van der Waals surface area contributed by atoms with Crippen LogP contribution in [-0.2, 0) is 22.3 Å². The molecule has 0 spiro atoms. The van der Waals surface area contributed by atoms with E-state index >= 15 is 0 Å². The number of ether oxygens (including phenoxy) is 6. The van der Waals surface area contributed by atoms with Crippen LogP contribution in [0.2, 0.25) is 0 Å². The zero-order valence-corrected chi connectivity index (χ0v) is 20.1. The minimum atomic E-state index is -1.54. The van der Waals surface area contributed by atoms with E-state index in [1.807, 2.05) is 36.4 Å². The van der Waals surface area contributed by atoms with Crippen molar-refractivity contribution in [1.82, 2.24) is 0 Å². The van der Waals surface area contributed by atoms with Crippen LogP contribution in [0.4, 0.5) is 0 Å². The van der Waals surface area contributed by atoms with E-state index in [1.165, 1.54) is 0 Å². The molecule has 1 fully saturated rings. The van der Waals surface area contributed by atoms with Crippen LogP contribution in [0, 0.1) is 11.8 Å². The Balaban J connectivity index is 1.34. The first-order valence-electron chi connectivity index (χ1n) is 12.3. The average molecular weight is 521 g/mol. The van der Waals surface area contributed by atoms with Gasteiger partial charge in [-0.25, -0.2) is 0 Å². The third kappa shape index (κ3) is 5.63. The Morgan fingerprint density at radius 1 is 0.730 bits per heavy atom. The summed E-state index contributed by atoms with van der Waals surface area (Å²) in [7, 11) is 0. The van der Waals surface area contributed by atoms with Crippen LogP contribution < -0.4 is 18.9 Å². The van der Waals surface area contributed by atoms with Gasteiger partial charge in [-0.1, -0.05) is 12.1 Å². The van der Waals surface area contributed by atoms with Crippen molar-refractivity contribution < 1.29 is 54.0 Å². The van der Waals surface area contributed by atoms with E-state index in [4.69, 9.17) is 28.4 Å². The van der Waals surface area contributed by atoms with Gasteiger partial charge >= 0.3 is 0 Å². The molecule has 7 atom stereocenters. The van der Waals surface area contributed by atoms with Crippen LogP contribution in [0.25, 0.3) is 0 Å². The highest BCUT2D eigenvalue weighted by atomic mass is 16.7. The average Bonchev–Trinajstić information content (AvgIpc) is 3.58. The van der Waals surface area contributed by atoms with Gasteiger partial charge in [-0.2, -0.15) is 0 Å². The topological polar surface area (TPSA) is 157 Å². The van der Waals surface area contributed by atoms with Crippen LogP contribution in [0.5, 0.6) is 23.0 Å². The van der Waals surface area contributed by atoms with Crippen molar-refractivity contribution in [2.45, 2.75) is 43.5 Å². The molecule has 0 aromatic heterocycles. The second-order valence-electron chi connectivity index (χ2n) is 9.52. The fraction of sp³-hybridized carbons (Fsp3) is 0.538. The van der Waals surface area contributed by atoms with Gasteiger partial charge in [0, 0.05) is 6.61 Å². The third-order valence-corrected chi connectivity index (χ3v) is 7.09. The van der Waals surface area contributed by atoms with Crippen LogP contribution in [0.1, 0.15) is 11.1 Å². The maximum Gasteiger partial charge on any atom is 0.231 e. The second kappa shape index (κ2) is 11.4. The summed E-state index contributed by atoms with van der Waals surface area (Å²) in [6, 6.07) is 11.3. The quantitative estimate of drug-likeness (QED) is 0.287. The Kier molecular flexibility index (Phi) is 8.01. The lowest BCUT2D eigenvalue weighted by Crippen LogP contribution is -2.59. The van der Waals surface area contributed by atoms with Gasteiger partial charge < -0.3 is 54.0 Å². The first-order valence-corrected chi connectivity index (χ1v) is 12.3. The number of rotatable bonds is 10. The van der Waals surface area contributed by atoms with Crippen LogP contribution in [-0.4, -0.2) is 89.6 Å². The lowest BCUT2D eigenvalue weighted by molar-refractivity contribution is -0.304. The maximum absolute atomic E-state index is 10.4. The van der Waals surface area contributed by atoms with Crippen molar-refractivity contribution in [3.05, 3.63) is 47.5 Å². The lowest BCUT2D eigenvalue weighted by Gasteiger charge is -2.40. The Labute approximate surface area is 213 Å². The Morgan fingerprint density at radius 3 is 1.86 bits per heavy atom. The van der Waals surface area contributed by atoms with Crippen molar-refractivity contribution >= 4 is 0 Å². The summed E-state index contributed by atoms with van der Waals surface area (Å²) >= 11 is 0. The normalized spacial score (nSPS) is 27.8. The molecule has 3 heterocycles. The number of hydrogen-bond donors (Lipinski definition) is 5. The van der Waals surface area contributed by atoms with E-state index in [1.54, 1.807) is 0 Å². The molecule has 11 nitrogen and oxygen atoms in total. The summed E-state index contributed by atoms with van der Waals surface area (Å²) in [6.07, 6.45) is -5.83. The van der Waals surface area contributed by atoms with Gasteiger partial charge in [-0.15, -0.1) is 0 Å². The van der Waals surface area contributed by atoms with Gasteiger partial charge in [0.25, 0.3) is 0 Å². The standard InChI is InChI=1S/C26H32O11/c27-9-16(5-14-1-3-18-20(7-14)35-12-33-18)17(6-15-2-4-19-21(8-15)36-13-34-19)11-32-26-25(31)24(30)23(29)22(10-28)37-26/h1-4,7-8,16-17,22-31H,5-6,9-13H2/t16-,17?,22+,23+,24-,25+,26+/m0/s1. The van der Waals surface area contributed by atoms with Gasteiger partial charge in [0.15, 0.2) is 29.3 Å². The minimum Gasteiger partial charge on any atom is -0.454 e. The highest BCUT2D eigenvalue weighted by Gasteiger charge is 2.44. The molecule has 3 aliphatic heterocycles. The molecule has 0 radical (unpaired) electrons. The predicted molar refractivity (Wildman–Crippen MR) is 126 cm³/mol. The predicted octanol–water partition coefficient (Wildman–Crippen LogP) is -0.0296. The molecule has 202 valence electrons. The summed E-state index contributed by atoms with van der Waals surface area (Å²) in [6.45, 7) is -0.295.